The summed E-state index contributed by atoms with van der Waals surface area (Å²) in [6.07, 6.45) is 0. The molecule has 0 saturated carbocycles. The van der Waals surface area contributed by atoms with Crippen LogP contribution in [-0.2, 0) is 15.9 Å². The molecule has 136 valence electrons. The first-order valence-corrected chi connectivity index (χ1v) is 8.81. The predicted octanol–water partition coefficient (Wildman–Crippen LogP) is 3.31. The SMILES string of the molecule is CC1(C)OB(c2ccc(NC(=O)NCc3ccccc3)cc2)OC1(C)C. The lowest BCUT2D eigenvalue weighted by Gasteiger charge is -2.32. The van der Waals surface area contributed by atoms with Gasteiger partial charge in [-0.15, -0.1) is 0 Å². The van der Waals surface area contributed by atoms with E-state index in [4.69, 9.17) is 9.31 Å². The molecule has 2 aromatic rings. The van der Waals surface area contributed by atoms with E-state index in [-0.39, 0.29) is 17.2 Å². The van der Waals surface area contributed by atoms with Gasteiger partial charge in [0.2, 0.25) is 0 Å². The van der Waals surface area contributed by atoms with Crippen LogP contribution in [0.2, 0.25) is 0 Å². The number of carbonyl (C=O) groups is 1. The molecule has 0 spiro atoms. The minimum absolute atomic E-state index is 0.239. The summed E-state index contributed by atoms with van der Waals surface area (Å²) >= 11 is 0. The quantitative estimate of drug-likeness (QED) is 0.830. The first kappa shape index (κ1) is 18.5. The summed E-state index contributed by atoms with van der Waals surface area (Å²) in [6.45, 7) is 8.60. The summed E-state index contributed by atoms with van der Waals surface area (Å²) < 4.78 is 12.1. The van der Waals surface area contributed by atoms with Crippen LogP contribution >= 0.6 is 0 Å². The molecule has 0 unspecified atom stereocenters. The van der Waals surface area contributed by atoms with Crippen molar-refractivity contribution in [3.63, 3.8) is 0 Å². The molecule has 6 heteroatoms. The molecule has 5 nitrogen and oxygen atoms in total. The Balaban J connectivity index is 1.56. The highest BCUT2D eigenvalue weighted by Crippen LogP contribution is 2.36. The largest absolute Gasteiger partial charge is 0.494 e. The number of anilines is 1. The molecular weight excluding hydrogens is 327 g/mol. The molecule has 0 radical (unpaired) electrons. The highest BCUT2D eigenvalue weighted by atomic mass is 16.7. The number of urea groups is 1. The molecule has 0 atom stereocenters. The fourth-order valence-corrected chi connectivity index (χ4v) is 2.66. The van der Waals surface area contributed by atoms with Crippen molar-refractivity contribution in [2.24, 2.45) is 0 Å². The lowest BCUT2D eigenvalue weighted by molar-refractivity contribution is 0.00578. The Morgan fingerprint density at radius 1 is 0.923 bits per heavy atom. The third-order valence-corrected chi connectivity index (χ3v) is 4.99. The van der Waals surface area contributed by atoms with E-state index in [2.05, 4.69) is 10.6 Å². The summed E-state index contributed by atoms with van der Waals surface area (Å²) in [5, 5.41) is 5.67. The van der Waals surface area contributed by atoms with Crippen LogP contribution in [0.15, 0.2) is 54.6 Å². The summed E-state index contributed by atoms with van der Waals surface area (Å²) in [6, 6.07) is 17.1. The van der Waals surface area contributed by atoms with E-state index in [0.29, 0.717) is 6.54 Å². The Hall–Kier alpha value is -2.31. The molecule has 1 fully saturated rings. The summed E-state index contributed by atoms with van der Waals surface area (Å²) in [4.78, 5) is 12.0. The minimum Gasteiger partial charge on any atom is -0.399 e. The van der Waals surface area contributed by atoms with Gasteiger partial charge in [-0.1, -0.05) is 42.5 Å². The Kier molecular flexibility index (Phi) is 5.07. The number of hydrogen-bond donors (Lipinski definition) is 2. The van der Waals surface area contributed by atoms with E-state index < -0.39 is 7.12 Å². The molecule has 1 aliphatic heterocycles. The van der Waals surface area contributed by atoms with Gasteiger partial charge in [-0.05, 0) is 50.9 Å². The van der Waals surface area contributed by atoms with Crippen LogP contribution in [0, 0.1) is 0 Å². The van der Waals surface area contributed by atoms with Crippen LogP contribution in [0.3, 0.4) is 0 Å². The third-order valence-electron chi connectivity index (χ3n) is 4.99. The zero-order valence-corrected chi connectivity index (χ0v) is 15.7. The van der Waals surface area contributed by atoms with Crippen molar-refractivity contribution in [2.75, 3.05) is 5.32 Å². The maximum absolute atomic E-state index is 12.0. The first-order valence-electron chi connectivity index (χ1n) is 8.81. The van der Waals surface area contributed by atoms with Crippen molar-refractivity contribution in [3.05, 3.63) is 60.2 Å². The molecule has 2 amide bonds. The second-order valence-corrected chi connectivity index (χ2v) is 7.50. The van der Waals surface area contributed by atoms with Gasteiger partial charge >= 0.3 is 13.1 Å². The number of nitrogens with one attached hydrogen (secondary N) is 2. The van der Waals surface area contributed by atoms with Crippen LogP contribution in [0.25, 0.3) is 0 Å². The van der Waals surface area contributed by atoms with Crippen molar-refractivity contribution >= 4 is 24.3 Å². The lowest BCUT2D eigenvalue weighted by atomic mass is 9.79. The van der Waals surface area contributed by atoms with Crippen molar-refractivity contribution in [3.8, 4) is 0 Å². The molecule has 1 saturated heterocycles. The van der Waals surface area contributed by atoms with Gasteiger partial charge in [0.05, 0.1) is 11.2 Å². The van der Waals surface area contributed by atoms with E-state index in [0.717, 1.165) is 16.7 Å². The molecule has 3 rings (SSSR count). The van der Waals surface area contributed by atoms with Crippen molar-refractivity contribution in [1.29, 1.82) is 0 Å². The van der Waals surface area contributed by atoms with E-state index in [1.165, 1.54) is 0 Å². The predicted molar refractivity (Wildman–Crippen MR) is 104 cm³/mol. The second-order valence-electron chi connectivity index (χ2n) is 7.50. The molecule has 26 heavy (non-hydrogen) atoms. The van der Waals surface area contributed by atoms with Gasteiger partial charge in [0.25, 0.3) is 0 Å². The topological polar surface area (TPSA) is 59.6 Å². The fraction of sp³-hybridized carbons (Fsp3) is 0.350. The first-order chi connectivity index (χ1) is 12.3. The van der Waals surface area contributed by atoms with Gasteiger partial charge in [0, 0.05) is 12.2 Å². The molecule has 1 aliphatic rings. The fourth-order valence-electron chi connectivity index (χ4n) is 2.66. The van der Waals surface area contributed by atoms with E-state index in [9.17, 15) is 4.79 Å². The van der Waals surface area contributed by atoms with Gasteiger partial charge in [-0.2, -0.15) is 0 Å². The number of rotatable bonds is 4. The summed E-state index contributed by atoms with van der Waals surface area (Å²) in [7, 11) is -0.402. The minimum atomic E-state index is -0.402. The number of amides is 2. The molecular formula is C20H25BN2O3. The van der Waals surface area contributed by atoms with Crippen molar-refractivity contribution < 1.29 is 14.1 Å². The standard InChI is InChI=1S/C20H25BN2O3/c1-19(2)20(3,4)26-21(25-19)16-10-12-17(13-11-16)23-18(24)22-14-15-8-6-5-7-9-15/h5-13H,14H2,1-4H3,(H2,22,23,24). The lowest BCUT2D eigenvalue weighted by Crippen LogP contribution is -2.41. The summed E-state index contributed by atoms with van der Waals surface area (Å²) in [5.74, 6) is 0. The van der Waals surface area contributed by atoms with Gasteiger partial charge in [0.1, 0.15) is 0 Å². The van der Waals surface area contributed by atoms with Crippen molar-refractivity contribution in [2.45, 2.75) is 45.4 Å². The molecule has 0 aromatic heterocycles. The van der Waals surface area contributed by atoms with Crippen LogP contribution in [0.4, 0.5) is 10.5 Å². The molecule has 2 N–H and O–H groups in total. The van der Waals surface area contributed by atoms with E-state index >= 15 is 0 Å². The Morgan fingerprint density at radius 3 is 2.08 bits per heavy atom. The van der Waals surface area contributed by atoms with Crippen LogP contribution < -0.4 is 16.1 Å². The Morgan fingerprint density at radius 2 is 1.50 bits per heavy atom. The average molecular weight is 352 g/mol. The van der Waals surface area contributed by atoms with Gasteiger partial charge < -0.3 is 19.9 Å². The highest BCUT2D eigenvalue weighted by Gasteiger charge is 2.51. The molecule has 2 aromatic carbocycles. The number of benzene rings is 2. The van der Waals surface area contributed by atoms with Crippen LogP contribution in [-0.4, -0.2) is 24.4 Å². The average Bonchev–Trinajstić information content (AvgIpc) is 2.82. The Labute approximate surface area is 155 Å². The van der Waals surface area contributed by atoms with Crippen LogP contribution in [0.1, 0.15) is 33.3 Å². The van der Waals surface area contributed by atoms with Crippen molar-refractivity contribution in [1.82, 2.24) is 5.32 Å². The number of hydrogen-bond acceptors (Lipinski definition) is 3. The third kappa shape index (κ3) is 4.08. The maximum atomic E-state index is 12.0. The molecule has 0 aliphatic carbocycles. The molecule has 0 bridgehead atoms. The zero-order valence-electron chi connectivity index (χ0n) is 15.7. The van der Waals surface area contributed by atoms with Crippen LogP contribution in [0.5, 0.6) is 0 Å². The normalized spacial score (nSPS) is 17.8. The number of carbonyl (C=O) groups excluding carboxylic acids is 1. The second kappa shape index (κ2) is 7.13. The van der Waals surface area contributed by atoms with Gasteiger partial charge in [-0.3, -0.25) is 0 Å². The highest BCUT2D eigenvalue weighted by molar-refractivity contribution is 6.62. The van der Waals surface area contributed by atoms with Gasteiger partial charge in [-0.25, -0.2) is 4.79 Å². The Bertz CT molecular complexity index is 744. The maximum Gasteiger partial charge on any atom is 0.494 e. The van der Waals surface area contributed by atoms with E-state index in [1.54, 1.807) is 0 Å². The van der Waals surface area contributed by atoms with Gasteiger partial charge in [0.15, 0.2) is 0 Å². The monoisotopic (exact) mass is 352 g/mol. The smallest absolute Gasteiger partial charge is 0.399 e. The van der Waals surface area contributed by atoms with E-state index in [1.807, 2.05) is 82.3 Å². The summed E-state index contributed by atoms with van der Waals surface area (Å²) in [5.41, 5.74) is 1.96. The zero-order chi connectivity index (χ0) is 18.8. The molecule has 1 heterocycles.